The second-order valence-electron chi connectivity index (χ2n) is 5.03. The molecule has 1 saturated heterocycles. The molecular formula is C14H19N5O2. The van der Waals surface area contributed by atoms with Crippen molar-refractivity contribution in [3.63, 3.8) is 0 Å². The third kappa shape index (κ3) is 3.44. The lowest BCUT2D eigenvalue weighted by Crippen LogP contribution is -2.35. The highest BCUT2D eigenvalue weighted by Crippen LogP contribution is 2.17. The summed E-state index contributed by atoms with van der Waals surface area (Å²) in [7, 11) is 0. The van der Waals surface area contributed by atoms with E-state index >= 15 is 0 Å². The molecule has 0 bridgehead atoms. The minimum Gasteiger partial charge on any atom is -0.394 e. The Kier molecular flexibility index (Phi) is 4.54. The van der Waals surface area contributed by atoms with Crippen molar-refractivity contribution in [1.29, 1.82) is 0 Å². The third-order valence-electron chi connectivity index (χ3n) is 3.57. The van der Waals surface area contributed by atoms with Gasteiger partial charge in [0.2, 0.25) is 0 Å². The summed E-state index contributed by atoms with van der Waals surface area (Å²) in [6.45, 7) is 4.95. The Bertz CT molecular complexity index is 563. The molecule has 112 valence electrons. The lowest BCUT2D eigenvalue weighted by atomic mass is 10.1. The Morgan fingerprint density at radius 1 is 1.14 bits per heavy atom. The summed E-state index contributed by atoms with van der Waals surface area (Å²) in [6.07, 6.45) is 0. The van der Waals surface area contributed by atoms with Crippen molar-refractivity contribution in [2.75, 3.05) is 32.9 Å². The van der Waals surface area contributed by atoms with Gasteiger partial charge in [0, 0.05) is 25.2 Å². The summed E-state index contributed by atoms with van der Waals surface area (Å²) >= 11 is 0. The molecule has 1 aliphatic heterocycles. The van der Waals surface area contributed by atoms with Gasteiger partial charge in [-0.2, -0.15) is 0 Å². The molecule has 1 aromatic heterocycles. The SMILES string of the molecule is OCCn1nnnc1-c1ccc(CN2CCOCC2)cc1. The average Bonchev–Trinajstić information content (AvgIpc) is 2.98. The predicted octanol–water partition coefficient (Wildman–Crippen LogP) is 0.165. The van der Waals surface area contributed by atoms with E-state index in [4.69, 9.17) is 9.84 Å². The zero-order valence-electron chi connectivity index (χ0n) is 11.9. The minimum atomic E-state index is 0.0210. The van der Waals surface area contributed by atoms with Gasteiger partial charge in [-0.25, -0.2) is 4.68 Å². The van der Waals surface area contributed by atoms with Crippen LogP contribution in [0.1, 0.15) is 5.56 Å². The highest BCUT2D eigenvalue weighted by molar-refractivity contribution is 5.54. The number of aliphatic hydroxyl groups excluding tert-OH is 1. The van der Waals surface area contributed by atoms with Crippen LogP contribution >= 0.6 is 0 Å². The van der Waals surface area contributed by atoms with E-state index in [-0.39, 0.29) is 6.61 Å². The molecule has 1 aliphatic rings. The van der Waals surface area contributed by atoms with Crippen molar-refractivity contribution < 1.29 is 9.84 Å². The number of nitrogens with zero attached hydrogens (tertiary/aromatic N) is 5. The van der Waals surface area contributed by atoms with E-state index in [1.807, 2.05) is 12.1 Å². The van der Waals surface area contributed by atoms with Crippen molar-refractivity contribution in [3.05, 3.63) is 29.8 Å². The van der Waals surface area contributed by atoms with Gasteiger partial charge in [-0.1, -0.05) is 24.3 Å². The predicted molar refractivity (Wildman–Crippen MR) is 76.4 cm³/mol. The van der Waals surface area contributed by atoms with Gasteiger partial charge in [0.1, 0.15) is 0 Å². The highest BCUT2D eigenvalue weighted by Gasteiger charge is 2.12. The molecule has 1 fully saturated rings. The van der Waals surface area contributed by atoms with Crippen LogP contribution in [0.2, 0.25) is 0 Å². The molecule has 2 heterocycles. The standard InChI is InChI=1S/C14H19N5O2/c20-8-5-19-14(15-16-17-19)13-3-1-12(2-4-13)11-18-6-9-21-10-7-18/h1-4,20H,5-11H2. The van der Waals surface area contributed by atoms with E-state index in [0.717, 1.165) is 38.4 Å². The smallest absolute Gasteiger partial charge is 0.182 e. The van der Waals surface area contributed by atoms with Crippen LogP contribution in [0.4, 0.5) is 0 Å². The first-order valence-electron chi connectivity index (χ1n) is 7.13. The Balaban J connectivity index is 1.69. The normalized spacial score (nSPS) is 16.2. The van der Waals surface area contributed by atoms with E-state index in [9.17, 15) is 0 Å². The fraction of sp³-hybridized carbons (Fsp3) is 0.500. The van der Waals surface area contributed by atoms with Crippen LogP contribution in [0.25, 0.3) is 11.4 Å². The Morgan fingerprint density at radius 2 is 1.90 bits per heavy atom. The summed E-state index contributed by atoms with van der Waals surface area (Å²) in [6, 6.07) is 8.25. The van der Waals surface area contributed by atoms with Crippen molar-refractivity contribution in [2.45, 2.75) is 13.1 Å². The first-order valence-corrected chi connectivity index (χ1v) is 7.13. The van der Waals surface area contributed by atoms with Crippen LogP contribution < -0.4 is 0 Å². The second-order valence-corrected chi connectivity index (χ2v) is 5.03. The van der Waals surface area contributed by atoms with E-state index in [1.54, 1.807) is 4.68 Å². The maximum Gasteiger partial charge on any atom is 0.182 e. The largest absolute Gasteiger partial charge is 0.394 e. The molecule has 3 rings (SSSR count). The lowest BCUT2D eigenvalue weighted by Gasteiger charge is -2.26. The number of hydrogen-bond donors (Lipinski definition) is 1. The fourth-order valence-electron chi connectivity index (χ4n) is 2.43. The van der Waals surface area contributed by atoms with Crippen LogP contribution in [0.15, 0.2) is 24.3 Å². The monoisotopic (exact) mass is 289 g/mol. The molecule has 7 heteroatoms. The zero-order valence-corrected chi connectivity index (χ0v) is 11.9. The molecule has 7 nitrogen and oxygen atoms in total. The van der Waals surface area contributed by atoms with Gasteiger partial charge in [0.25, 0.3) is 0 Å². The number of aromatic nitrogens is 4. The van der Waals surface area contributed by atoms with E-state index in [2.05, 4.69) is 32.6 Å². The molecule has 1 aromatic carbocycles. The van der Waals surface area contributed by atoms with Crippen molar-refractivity contribution in [1.82, 2.24) is 25.1 Å². The number of benzene rings is 1. The van der Waals surface area contributed by atoms with Crippen molar-refractivity contribution >= 4 is 0 Å². The molecule has 0 amide bonds. The Morgan fingerprint density at radius 3 is 2.62 bits per heavy atom. The van der Waals surface area contributed by atoms with Crippen LogP contribution in [-0.4, -0.2) is 63.1 Å². The lowest BCUT2D eigenvalue weighted by molar-refractivity contribution is 0.0342. The van der Waals surface area contributed by atoms with Gasteiger partial charge in [-0.15, -0.1) is 5.10 Å². The number of morpholine rings is 1. The molecule has 0 spiro atoms. The zero-order chi connectivity index (χ0) is 14.5. The quantitative estimate of drug-likeness (QED) is 0.845. The molecule has 21 heavy (non-hydrogen) atoms. The molecule has 0 saturated carbocycles. The third-order valence-corrected chi connectivity index (χ3v) is 3.57. The maximum atomic E-state index is 9.00. The van der Waals surface area contributed by atoms with Crippen LogP contribution in [-0.2, 0) is 17.8 Å². The highest BCUT2D eigenvalue weighted by atomic mass is 16.5. The topological polar surface area (TPSA) is 76.3 Å². The van der Waals surface area contributed by atoms with Crippen molar-refractivity contribution in [3.8, 4) is 11.4 Å². The van der Waals surface area contributed by atoms with E-state index in [1.165, 1.54) is 5.56 Å². The summed E-state index contributed by atoms with van der Waals surface area (Å²) < 4.78 is 6.96. The van der Waals surface area contributed by atoms with Crippen LogP contribution in [0, 0.1) is 0 Å². The second kappa shape index (κ2) is 6.75. The Hall–Kier alpha value is -1.83. The van der Waals surface area contributed by atoms with Gasteiger partial charge < -0.3 is 9.84 Å². The maximum absolute atomic E-state index is 9.00. The van der Waals surface area contributed by atoms with Gasteiger partial charge in [-0.05, 0) is 16.0 Å². The summed E-state index contributed by atoms with van der Waals surface area (Å²) in [5, 5.41) is 20.6. The number of tetrazole rings is 1. The number of hydrogen-bond acceptors (Lipinski definition) is 6. The van der Waals surface area contributed by atoms with Crippen molar-refractivity contribution in [2.24, 2.45) is 0 Å². The summed E-state index contributed by atoms with van der Waals surface area (Å²) in [5.41, 5.74) is 2.22. The summed E-state index contributed by atoms with van der Waals surface area (Å²) in [4.78, 5) is 2.38. The average molecular weight is 289 g/mol. The molecule has 0 radical (unpaired) electrons. The van der Waals surface area contributed by atoms with Crippen LogP contribution in [0.3, 0.4) is 0 Å². The first kappa shape index (κ1) is 14.1. The number of rotatable bonds is 5. The van der Waals surface area contributed by atoms with E-state index < -0.39 is 0 Å². The first-order chi connectivity index (χ1) is 10.4. The van der Waals surface area contributed by atoms with Crippen LogP contribution in [0.5, 0.6) is 0 Å². The van der Waals surface area contributed by atoms with Gasteiger partial charge in [0.05, 0.1) is 26.4 Å². The minimum absolute atomic E-state index is 0.0210. The molecule has 2 aromatic rings. The number of aliphatic hydroxyl groups is 1. The van der Waals surface area contributed by atoms with E-state index in [0.29, 0.717) is 12.4 Å². The fourth-order valence-corrected chi connectivity index (χ4v) is 2.43. The summed E-state index contributed by atoms with van der Waals surface area (Å²) in [5.74, 6) is 0.682. The molecule has 0 aliphatic carbocycles. The van der Waals surface area contributed by atoms with Gasteiger partial charge in [0.15, 0.2) is 5.82 Å². The Labute approximate surface area is 123 Å². The molecule has 0 atom stereocenters. The molecular weight excluding hydrogens is 270 g/mol. The number of ether oxygens (including phenoxy) is 1. The molecule has 0 unspecified atom stereocenters. The van der Waals surface area contributed by atoms with Gasteiger partial charge >= 0.3 is 0 Å². The van der Waals surface area contributed by atoms with Gasteiger partial charge in [-0.3, -0.25) is 4.90 Å². The molecule has 1 N–H and O–H groups in total.